The second-order valence-electron chi connectivity index (χ2n) is 4.35. The van der Waals surface area contributed by atoms with Gasteiger partial charge in [0.2, 0.25) is 0 Å². The van der Waals surface area contributed by atoms with Gasteiger partial charge in [0.25, 0.3) is 5.91 Å². The molecule has 2 aromatic rings. The second kappa shape index (κ2) is 6.15. The van der Waals surface area contributed by atoms with Gasteiger partial charge in [-0.05, 0) is 42.3 Å². The van der Waals surface area contributed by atoms with Gasteiger partial charge in [0.05, 0.1) is 5.69 Å². The van der Waals surface area contributed by atoms with Crippen LogP contribution in [0.3, 0.4) is 0 Å². The van der Waals surface area contributed by atoms with Crippen molar-refractivity contribution < 1.29 is 4.79 Å². The van der Waals surface area contributed by atoms with E-state index < -0.39 is 6.04 Å². The third-order valence-corrected chi connectivity index (χ3v) is 3.81. The zero-order valence-corrected chi connectivity index (χ0v) is 12.9. The van der Waals surface area contributed by atoms with Gasteiger partial charge >= 0.3 is 0 Å². The molecule has 0 aliphatic carbocycles. The molecule has 2 rings (SSSR count). The van der Waals surface area contributed by atoms with Crippen LogP contribution < -0.4 is 11.1 Å². The van der Waals surface area contributed by atoms with E-state index in [9.17, 15) is 4.79 Å². The number of nitrogens with zero attached hydrogens (tertiary/aromatic N) is 2. The number of amides is 1. The normalized spacial score (nSPS) is 12.1. The minimum Gasteiger partial charge on any atom is -0.391 e. The van der Waals surface area contributed by atoms with Gasteiger partial charge in [-0.15, -0.1) is 0 Å². The third kappa shape index (κ3) is 3.05. The molecule has 1 amide bonds. The monoisotopic (exact) mass is 308 g/mol. The molecule has 5 nitrogen and oxygen atoms in total. The lowest BCUT2D eigenvalue weighted by molar-refractivity contribution is 0.0936. The first-order valence-corrected chi connectivity index (χ1v) is 7.54. The second-order valence-corrected chi connectivity index (χ2v) is 5.60. The molecule has 7 heteroatoms. The fourth-order valence-electron chi connectivity index (χ4n) is 1.93. The Morgan fingerprint density at radius 1 is 1.65 bits per heavy atom. The van der Waals surface area contributed by atoms with Crippen LogP contribution in [0.5, 0.6) is 0 Å². The summed E-state index contributed by atoms with van der Waals surface area (Å²) in [5.41, 5.74) is 7.95. The van der Waals surface area contributed by atoms with E-state index in [1.54, 1.807) is 10.7 Å². The Bertz CT molecular complexity index is 618. The number of rotatable bonds is 5. The number of aromatic nitrogens is 2. The first kappa shape index (κ1) is 14.7. The summed E-state index contributed by atoms with van der Waals surface area (Å²) >= 11 is 6.58. The van der Waals surface area contributed by atoms with Crippen LogP contribution >= 0.6 is 23.6 Å². The van der Waals surface area contributed by atoms with E-state index >= 15 is 0 Å². The van der Waals surface area contributed by atoms with Crippen molar-refractivity contribution in [3.63, 3.8) is 0 Å². The van der Waals surface area contributed by atoms with Crippen molar-refractivity contribution in [1.29, 1.82) is 0 Å². The summed E-state index contributed by atoms with van der Waals surface area (Å²) in [6, 6.07) is 3.20. The van der Waals surface area contributed by atoms with E-state index in [4.69, 9.17) is 18.0 Å². The van der Waals surface area contributed by atoms with E-state index in [0.717, 1.165) is 11.3 Å². The maximum absolute atomic E-state index is 12.4. The van der Waals surface area contributed by atoms with Crippen molar-refractivity contribution in [1.82, 2.24) is 15.1 Å². The lowest BCUT2D eigenvalue weighted by atomic mass is 10.1. The molecule has 0 saturated heterocycles. The summed E-state index contributed by atoms with van der Waals surface area (Å²) in [6.45, 7) is 4.42. The van der Waals surface area contributed by atoms with Crippen LogP contribution in [-0.4, -0.2) is 20.7 Å². The highest BCUT2D eigenvalue weighted by molar-refractivity contribution is 7.80. The molecule has 3 N–H and O–H groups in total. The number of carbonyl (C=O) groups excluding carboxylic acids is 1. The van der Waals surface area contributed by atoms with E-state index in [-0.39, 0.29) is 10.9 Å². The molecule has 20 heavy (non-hydrogen) atoms. The Morgan fingerprint density at radius 2 is 2.40 bits per heavy atom. The van der Waals surface area contributed by atoms with Gasteiger partial charge in [0.1, 0.15) is 16.7 Å². The van der Waals surface area contributed by atoms with Crippen molar-refractivity contribution in [2.75, 3.05) is 0 Å². The summed E-state index contributed by atoms with van der Waals surface area (Å²) in [7, 11) is 0. The topological polar surface area (TPSA) is 72.9 Å². The van der Waals surface area contributed by atoms with E-state index in [2.05, 4.69) is 10.4 Å². The Kier molecular flexibility index (Phi) is 4.51. The molecule has 2 heterocycles. The standard InChI is InChI=1S/C13H16N4OS2/c1-3-17-10(6-8(2)16-17)13(18)15-11(12(14)19)9-4-5-20-7-9/h4-7,11H,3H2,1-2H3,(H2,14,19)(H,15,18). The van der Waals surface area contributed by atoms with Crippen molar-refractivity contribution in [2.45, 2.75) is 26.4 Å². The van der Waals surface area contributed by atoms with Crippen LogP contribution in [0.4, 0.5) is 0 Å². The Labute approximate surface area is 126 Å². The van der Waals surface area contributed by atoms with Crippen molar-refractivity contribution in [3.05, 3.63) is 39.8 Å². The number of aryl methyl sites for hydroxylation is 2. The molecule has 0 spiro atoms. The van der Waals surface area contributed by atoms with Crippen LogP contribution in [0.25, 0.3) is 0 Å². The number of thiophene rings is 1. The maximum Gasteiger partial charge on any atom is 0.270 e. The Morgan fingerprint density at radius 3 is 2.95 bits per heavy atom. The quantitative estimate of drug-likeness (QED) is 0.829. The first-order valence-electron chi connectivity index (χ1n) is 6.19. The molecule has 0 bridgehead atoms. The van der Waals surface area contributed by atoms with Crippen molar-refractivity contribution >= 4 is 34.5 Å². The summed E-state index contributed by atoms with van der Waals surface area (Å²) in [4.78, 5) is 12.6. The molecule has 0 saturated carbocycles. The van der Waals surface area contributed by atoms with Gasteiger partial charge < -0.3 is 11.1 Å². The maximum atomic E-state index is 12.4. The lowest BCUT2D eigenvalue weighted by Gasteiger charge is -2.16. The zero-order chi connectivity index (χ0) is 14.7. The van der Waals surface area contributed by atoms with Gasteiger partial charge in [-0.25, -0.2) is 0 Å². The molecule has 1 unspecified atom stereocenters. The number of thiocarbonyl (C=S) groups is 1. The van der Waals surface area contributed by atoms with Gasteiger partial charge in [-0.2, -0.15) is 16.4 Å². The van der Waals surface area contributed by atoms with Gasteiger partial charge in [0.15, 0.2) is 0 Å². The number of carbonyl (C=O) groups is 1. The molecule has 106 valence electrons. The molecular formula is C13H16N4OS2. The number of hydrogen-bond donors (Lipinski definition) is 2. The van der Waals surface area contributed by atoms with Gasteiger partial charge in [0, 0.05) is 6.54 Å². The average Bonchev–Trinajstić information content (AvgIpc) is 3.04. The molecule has 1 atom stereocenters. The van der Waals surface area contributed by atoms with Crippen LogP contribution in [0.1, 0.15) is 34.7 Å². The molecule has 0 aromatic carbocycles. The molecule has 0 aliphatic rings. The van der Waals surface area contributed by atoms with Crippen molar-refractivity contribution in [3.8, 4) is 0 Å². The fourth-order valence-corrected chi connectivity index (χ4v) is 2.81. The number of nitrogens with two attached hydrogens (primary N) is 1. The van der Waals surface area contributed by atoms with Crippen LogP contribution in [0, 0.1) is 6.92 Å². The zero-order valence-electron chi connectivity index (χ0n) is 11.3. The predicted octanol–water partition coefficient (Wildman–Crippen LogP) is 2.03. The van der Waals surface area contributed by atoms with E-state index in [1.165, 1.54) is 11.3 Å². The van der Waals surface area contributed by atoms with Crippen LogP contribution in [0.15, 0.2) is 22.9 Å². The highest BCUT2D eigenvalue weighted by Gasteiger charge is 2.21. The summed E-state index contributed by atoms with van der Waals surface area (Å²) in [5, 5.41) is 11.0. The Hall–Kier alpha value is -1.73. The average molecular weight is 308 g/mol. The molecule has 0 radical (unpaired) electrons. The number of hydrogen-bond acceptors (Lipinski definition) is 4. The Balaban J connectivity index is 2.23. The predicted molar refractivity (Wildman–Crippen MR) is 83.9 cm³/mol. The highest BCUT2D eigenvalue weighted by atomic mass is 32.1. The molecule has 0 aliphatic heterocycles. The highest BCUT2D eigenvalue weighted by Crippen LogP contribution is 2.17. The summed E-state index contributed by atoms with van der Waals surface area (Å²) in [6.07, 6.45) is 0. The SMILES string of the molecule is CCn1nc(C)cc1C(=O)NC(C(N)=S)c1ccsc1. The molecular weight excluding hydrogens is 292 g/mol. The van der Waals surface area contributed by atoms with E-state index in [0.29, 0.717) is 12.2 Å². The molecule has 0 fully saturated rings. The van der Waals surface area contributed by atoms with E-state index in [1.807, 2.05) is 30.7 Å². The minimum atomic E-state index is -0.454. The number of nitrogens with one attached hydrogen (secondary N) is 1. The lowest BCUT2D eigenvalue weighted by Crippen LogP contribution is -2.37. The van der Waals surface area contributed by atoms with Crippen LogP contribution in [-0.2, 0) is 6.54 Å². The largest absolute Gasteiger partial charge is 0.391 e. The van der Waals surface area contributed by atoms with Crippen LogP contribution in [0.2, 0.25) is 0 Å². The summed E-state index contributed by atoms with van der Waals surface area (Å²) in [5.74, 6) is -0.226. The fraction of sp³-hybridized carbons (Fsp3) is 0.308. The smallest absolute Gasteiger partial charge is 0.270 e. The third-order valence-electron chi connectivity index (χ3n) is 2.87. The molecule has 2 aromatic heterocycles. The summed E-state index contributed by atoms with van der Waals surface area (Å²) < 4.78 is 1.66. The minimum absolute atomic E-state index is 0.226. The first-order chi connectivity index (χ1) is 9.52. The van der Waals surface area contributed by atoms with Gasteiger partial charge in [-0.1, -0.05) is 12.2 Å². The van der Waals surface area contributed by atoms with Gasteiger partial charge in [-0.3, -0.25) is 9.48 Å². The van der Waals surface area contributed by atoms with Crippen molar-refractivity contribution in [2.24, 2.45) is 5.73 Å².